The molecule has 25 heavy (non-hydrogen) atoms. The van der Waals surface area contributed by atoms with E-state index in [1.54, 1.807) is 42.5 Å². The first kappa shape index (κ1) is 18.2. The van der Waals surface area contributed by atoms with Gasteiger partial charge in [-0.1, -0.05) is 41.4 Å². The Bertz CT molecular complexity index is 834. The predicted molar refractivity (Wildman–Crippen MR) is 95.8 cm³/mol. The summed E-state index contributed by atoms with van der Waals surface area (Å²) in [4.78, 5) is 23.7. The molecule has 0 aromatic heterocycles. The van der Waals surface area contributed by atoms with Crippen LogP contribution in [0.4, 0.5) is 5.69 Å². The van der Waals surface area contributed by atoms with Crippen molar-refractivity contribution in [2.24, 2.45) is 0 Å². The fraction of sp³-hybridized carbons (Fsp3) is 0.105. The van der Waals surface area contributed by atoms with Gasteiger partial charge in [-0.15, -0.1) is 0 Å². The molecule has 1 N–H and O–H groups in total. The number of ether oxygens (including phenoxy) is 1. The average molecular weight is 355 g/mol. The number of hydrogen-bond acceptors (Lipinski definition) is 4. The molecule has 5 nitrogen and oxygen atoms in total. The van der Waals surface area contributed by atoms with Crippen LogP contribution in [0.5, 0.6) is 0 Å². The van der Waals surface area contributed by atoms with E-state index < -0.39 is 18.5 Å². The van der Waals surface area contributed by atoms with E-state index in [4.69, 9.17) is 21.6 Å². The molecule has 2 rings (SSSR count). The molecule has 0 heterocycles. The van der Waals surface area contributed by atoms with E-state index >= 15 is 0 Å². The molecule has 0 radical (unpaired) electrons. The van der Waals surface area contributed by atoms with E-state index in [9.17, 15) is 9.59 Å². The molecule has 0 saturated heterocycles. The minimum Gasteiger partial charge on any atom is -0.451 e. The van der Waals surface area contributed by atoms with Crippen molar-refractivity contribution in [2.45, 2.75) is 6.92 Å². The van der Waals surface area contributed by atoms with Gasteiger partial charge < -0.3 is 10.1 Å². The van der Waals surface area contributed by atoms with Gasteiger partial charge in [0.05, 0.1) is 0 Å². The van der Waals surface area contributed by atoms with Crippen molar-refractivity contribution in [3.8, 4) is 6.07 Å². The van der Waals surface area contributed by atoms with Crippen LogP contribution < -0.4 is 5.32 Å². The molecule has 6 heteroatoms. The second-order valence-corrected chi connectivity index (χ2v) is 5.65. The monoisotopic (exact) mass is 354 g/mol. The van der Waals surface area contributed by atoms with Gasteiger partial charge in [0.25, 0.3) is 5.91 Å². The van der Waals surface area contributed by atoms with Crippen molar-refractivity contribution in [2.75, 3.05) is 11.9 Å². The van der Waals surface area contributed by atoms with Gasteiger partial charge in [-0.3, -0.25) is 4.79 Å². The molecule has 2 aromatic carbocycles. The molecule has 0 unspecified atom stereocenters. The Kier molecular flexibility index (Phi) is 6.33. The lowest BCUT2D eigenvalue weighted by atomic mass is 10.1. The molecule has 2 aromatic rings. The zero-order valence-electron chi connectivity index (χ0n) is 13.5. The molecule has 0 bridgehead atoms. The number of anilines is 1. The number of aryl methyl sites for hydroxylation is 1. The van der Waals surface area contributed by atoms with Gasteiger partial charge in [-0.25, -0.2) is 4.79 Å². The average Bonchev–Trinajstić information content (AvgIpc) is 2.61. The van der Waals surface area contributed by atoms with Crippen molar-refractivity contribution in [3.63, 3.8) is 0 Å². The number of amides is 1. The molecule has 0 atom stereocenters. The Morgan fingerprint density at radius 1 is 1.16 bits per heavy atom. The molecule has 0 fully saturated rings. The van der Waals surface area contributed by atoms with Crippen LogP contribution in [0.3, 0.4) is 0 Å². The third-order valence-corrected chi connectivity index (χ3v) is 3.44. The fourth-order valence-electron chi connectivity index (χ4n) is 1.91. The smallest absolute Gasteiger partial charge is 0.349 e. The Morgan fingerprint density at radius 2 is 1.80 bits per heavy atom. The first-order valence-electron chi connectivity index (χ1n) is 7.39. The van der Waals surface area contributed by atoms with Crippen molar-refractivity contribution < 1.29 is 14.3 Å². The van der Waals surface area contributed by atoms with Crippen LogP contribution in [0, 0.1) is 18.3 Å². The van der Waals surface area contributed by atoms with Gasteiger partial charge in [0.1, 0.15) is 11.6 Å². The highest BCUT2D eigenvalue weighted by Gasteiger charge is 2.13. The van der Waals surface area contributed by atoms with Gasteiger partial charge in [-0.05, 0) is 42.8 Å². The van der Waals surface area contributed by atoms with E-state index in [1.165, 1.54) is 6.08 Å². The van der Waals surface area contributed by atoms with Gasteiger partial charge in [0, 0.05) is 10.7 Å². The molecule has 1 amide bonds. The van der Waals surface area contributed by atoms with Crippen LogP contribution in [-0.4, -0.2) is 18.5 Å². The molecular formula is C19H15ClN2O3. The molecule has 0 aliphatic carbocycles. The maximum absolute atomic E-state index is 11.9. The standard InChI is InChI=1S/C19H15ClN2O3/c1-13-2-4-14(5-3-13)10-15(11-21)19(24)25-12-18(23)22-17-8-6-16(20)7-9-17/h2-10H,12H2,1H3,(H,22,23)/b15-10+. The number of carbonyl (C=O) groups excluding carboxylic acids is 2. The molecule has 0 spiro atoms. The summed E-state index contributed by atoms with van der Waals surface area (Å²) in [5, 5.41) is 12.2. The predicted octanol–water partition coefficient (Wildman–Crippen LogP) is 3.74. The van der Waals surface area contributed by atoms with E-state index in [-0.39, 0.29) is 5.57 Å². The first-order chi connectivity index (χ1) is 12.0. The quantitative estimate of drug-likeness (QED) is 0.504. The van der Waals surface area contributed by atoms with Crippen molar-refractivity contribution in [3.05, 3.63) is 70.3 Å². The molecule has 0 aliphatic heterocycles. The lowest BCUT2D eigenvalue weighted by molar-refractivity contribution is -0.142. The number of benzene rings is 2. The number of nitrogens with one attached hydrogen (secondary N) is 1. The highest BCUT2D eigenvalue weighted by atomic mass is 35.5. The zero-order chi connectivity index (χ0) is 18.2. The van der Waals surface area contributed by atoms with Crippen molar-refractivity contribution in [1.82, 2.24) is 0 Å². The second kappa shape index (κ2) is 8.67. The van der Waals surface area contributed by atoms with Crippen LogP contribution in [-0.2, 0) is 14.3 Å². The lowest BCUT2D eigenvalue weighted by Crippen LogP contribution is -2.21. The number of esters is 1. The summed E-state index contributed by atoms with van der Waals surface area (Å²) in [5.41, 5.74) is 2.12. The number of halogens is 1. The highest BCUT2D eigenvalue weighted by molar-refractivity contribution is 6.30. The second-order valence-electron chi connectivity index (χ2n) is 5.21. The number of carbonyl (C=O) groups is 2. The van der Waals surface area contributed by atoms with Gasteiger partial charge in [-0.2, -0.15) is 5.26 Å². The van der Waals surface area contributed by atoms with Crippen LogP contribution >= 0.6 is 11.6 Å². The lowest BCUT2D eigenvalue weighted by Gasteiger charge is -2.06. The normalized spacial score (nSPS) is 10.7. The third kappa shape index (κ3) is 5.79. The summed E-state index contributed by atoms with van der Waals surface area (Å²) in [7, 11) is 0. The van der Waals surface area contributed by atoms with Gasteiger partial charge in [0.2, 0.25) is 0 Å². The largest absolute Gasteiger partial charge is 0.451 e. The van der Waals surface area contributed by atoms with Gasteiger partial charge in [0.15, 0.2) is 6.61 Å². The number of hydrogen-bond donors (Lipinski definition) is 1. The van der Waals surface area contributed by atoms with Crippen LogP contribution in [0.25, 0.3) is 6.08 Å². The summed E-state index contributed by atoms with van der Waals surface area (Å²) in [6.45, 7) is 1.45. The zero-order valence-corrected chi connectivity index (χ0v) is 14.2. The van der Waals surface area contributed by atoms with Crippen LogP contribution in [0.15, 0.2) is 54.1 Å². The third-order valence-electron chi connectivity index (χ3n) is 3.19. The van der Waals surface area contributed by atoms with Crippen molar-refractivity contribution in [1.29, 1.82) is 5.26 Å². The summed E-state index contributed by atoms with van der Waals surface area (Å²) in [5.74, 6) is -1.36. The Hall–Kier alpha value is -3.10. The topological polar surface area (TPSA) is 79.2 Å². The van der Waals surface area contributed by atoms with Crippen molar-refractivity contribution >= 4 is 35.2 Å². The Morgan fingerprint density at radius 3 is 2.40 bits per heavy atom. The molecule has 0 aliphatic rings. The van der Waals surface area contributed by atoms with Crippen LogP contribution in [0.2, 0.25) is 5.02 Å². The maximum atomic E-state index is 11.9. The molecule has 0 saturated carbocycles. The first-order valence-corrected chi connectivity index (χ1v) is 7.77. The summed E-state index contributed by atoms with van der Waals surface area (Å²) >= 11 is 5.76. The minimum absolute atomic E-state index is 0.178. The highest BCUT2D eigenvalue weighted by Crippen LogP contribution is 2.13. The summed E-state index contributed by atoms with van der Waals surface area (Å²) in [6, 6.07) is 15.6. The SMILES string of the molecule is Cc1ccc(/C=C(\C#N)C(=O)OCC(=O)Nc2ccc(Cl)cc2)cc1. The number of nitriles is 1. The van der Waals surface area contributed by atoms with Crippen LogP contribution in [0.1, 0.15) is 11.1 Å². The van der Waals surface area contributed by atoms with E-state index in [0.717, 1.165) is 5.56 Å². The number of nitrogens with zero attached hydrogens (tertiary/aromatic N) is 1. The molecular weight excluding hydrogens is 340 g/mol. The fourth-order valence-corrected chi connectivity index (χ4v) is 2.03. The maximum Gasteiger partial charge on any atom is 0.349 e. The van der Waals surface area contributed by atoms with E-state index in [0.29, 0.717) is 16.3 Å². The minimum atomic E-state index is -0.852. The Balaban J connectivity index is 1.93. The summed E-state index contributed by atoms with van der Waals surface area (Å²) in [6.07, 6.45) is 1.42. The number of rotatable bonds is 5. The van der Waals surface area contributed by atoms with E-state index in [1.807, 2.05) is 19.1 Å². The molecule has 126 valence electrons. The van der Waals surface area contributed by atoms with E-state index in [2.05, 4.69) is 5.32 Å². The Labute approximate surface area is 150 Å². The van der Waals surface area contributed by atoms with Gasteiger partial charge >= 0.3 is 5.97 Å². The summed E-state index contributed by atoms with van der Waals surface area (Å²) < 4.78 is 4.88.